The van der Waals surface area contributed by atoms with Crippen LogP contribution in [-0.4, -0.2) is 37.5 Å². The van der Waals surface area contributed by atoms with Crippen molar-refractivity contribution in [1.29, 1.82) is 0 Å². The number of ketones is 1. The van der Waals surface area contributed by atoms with Gasteiger partial charge in [-0.25, -0.2) is 0 Å². The molecule has 31 heavy (non-hydrogen) atoms. The molecular formula is C26H38O5. The van der Waals surface area contributed by atoms with Crippen LogP contribution in [0.3, 0.4) is 0 Å². The predicted molar refractivity (Wildman–Crippen MR) is 121 cm³/mol. The van der Waals surface area contributed by atoms with Gasteiger partial charge in [0.25, 0.3) is 5.95 Å². The van der Waals surface area contributed by atoms with E-state index in [1.54, 1.807) is 0 Å². The van der Waals surface area contributed by atoms with Gasteiger partial charge in [0.15, 0.2) is 6.29 Å². The second-order valence-electron chi connectivity index (χ2n) is 8.61. The highest BCUT2D eigenvalue weighted by molar-refractivity contribution is 5.85. The average molecular weight is 431 g/mol. The van der Waals surface area contributed by atoms with Crippen molar-refractivity contribution in [2.24, 2.45) is 11.8 Å². The first kappa shape index (κ1) is 23.8. The van der Waals surface area contributed by atoms with Crippen LogP contribution in [0, 0.1) is 11.8 Å². The van der Waals surface area contributed by atoms with Gasteiger partial charge >= 0.3 is 0 Å². The Morgan fingerprint density at radius 2 is 2.23 bits per heavy atom. The van der Waals surface area contributed by atoms with Gasteiger partial charge in [-0.3, -0.25) is 4.79 Å². The van der Waals surface area contributed by atoms with Crippen molar-refractivity contribution in [3.63, 3.8) is 0 Å². The van der Waals surface area contributed by atoms with Gasteiger partial charge in [0.05, 0.1) is 6.10 Å². The summed E-state index contributed by atoms with van der Waals surface area (Å²) < 4.78 is 23.8. The SMILES string of the molecule is C=CC[C@H]1C(=O)C[C@@H](OC2=CC=CCO2)[C@@H]1C=C[C@H](CCCCC)OC1CCCCO1. The molecule has 2 heterocycles. The number of unbranched alkanes of at least 4 members (excludes halogenated alkanes) is 2. The molecule has 2 fully saturated rings. The summed E-state index contributed by atoms with van der Waals surface area (Å²) in [5.74, 6) is 0.584. The van der Waals surface area contributed by atoms with Gasteiger partial charge < -0.3 is 18.9 Å². The molecule has 172 valence electrons. The fourth-order valence-electron chi connectivity index (χ4n) is 4.48. The van der Waals surface area contributed by atoms with Crippen LogP contribution in [0.2, 0.25) is 0 Å². The van der Waals surface area contributed by atoms with E-state index in [2.05, 4.69) is 25.7 Å². The van der Waals surface area contributed by atoms with Crippen molar-refractivity contribution in [3.05, 3.63) is 49.0 Å². The average Bonchev–Trinajstić information content (AvgIpc) is 3.07. The summed E-state index contributed by atoms with van der Waals surface area (Å²) in [5.41, 5.74) is 0. The third kappa shape index (κ3) is 7.36. The number of Topliss-reactive ketones (excluding diaryl/α,β-unsaturated/α-hetero) is 1. The molecule has 3 aliphatic rings. The van der Waals surface area contributed by atoms with E-state index in [9.17, 15) is 4.79 Å². The van der Waals surface area contributed by atoms with E-state index < -0.39 is 0 Å². The molecule has 1 unspecified atom stereocenters. The van der Waals surface area contributed by atoms with Gasteiger partial charge in [0, 0.05) is 30.9 Å². The monoisotopic (exact) mass is 430 g/mol. The number of ether oxygens (including phenoxy) is 4. The first-order valence-electron chi connectivity index (χ1n) is 12.0. The predicted octanol–water partition coefficient (Wildman–Crippen LogP) is 5.63. The standard InChI is InChI=1S/C26H38O5/c1-3-5-6-12-20(30-25-13-7-9-17-28-25)15-16-22-21(11-4-2)23(27)19-24(22)31-26-14-8-10-18-29-26/h4,8,10,14-16,20-22,24-25H,2-3,5-7,9,11-13,17-19H2,1H3/t20-,21+,22+,24+,25?/m0/s1. The van der Waals surface area contributed by atoms with Crippen molar-refractivity contribution >= 4 is 5.78 Å². The Kier molecular flexibility index (Phi) is 9.88. The molecule has 0 amide bonds. The molecule has 5 nitrogen and oxygen atoms in total. The zero-order valence-electron chi connectivity index (χ0n) is 18.9. The number of carbonyl (C=O) groups excluding carboxylic acids is 1. The molecule has 5 atom stereocenters. The normalized spacial score (nSPS) is 29.6. The highest BCUT2D eigenvalue weighted by Crippen LogP contribution is 2.37. The Bertz CT molecular complexity index is 659. The Balaban J connectivity index is 1.70. The Labute approximate surface area is 187 Å². The Hall–Kier alpha value is -1.85. The van der Waals surface area contributed by atoms with Crippen LogP contribution < -0.4 is 0 Å². The van der Waals surface area contributed by atoms with E-state index in [-0.39, 0.29) is 36.1 Å². The lowest BCUT2D eigenvalue weighted by Gasteiger charge is -2.27. The van der Waals surface area contributed by atoms with Crippen molar-refractivity contribution in [2.75, 3.05) is 13.2 Å². The zero-order valence-corrected chi connectivity index (χ0v) is 18.9. The number of carbonyl (C=O) groups is 1. The summed E-state index contributed by atoms with van der Waals surface area (Å²) in [7, 11) is 0. The van der Waals surface area contributed by atoms with Gasteiger partial charge in [0.2, 0.25) is 0 Å². The zero-order chi connectivity index (χ0) is 21.9. The van der Waals surface area contributed by atoms with E-state index in [1.807, 2.05) is 24.3 Å². The lowest BCUT2D eigenvalue weighted by molar-refractivity contribution is -0.179. The van der Waals surface area contributed by atoms with Crippen molar-refractivity contribution in [3.8, 4) is 0 Å². The van der Waals surface area contributed by atoms with Crippen LogP contribution in [0.1, 0.15) is 64.7 Å². The van der Waals surface area contributed by atoms with Gasteiger partial charge in [-0.05, 0) is 38.2 Å². The second-order valence-corrected chi connectivity index (χ2v) is 8.61. The maximum atomic E-state index is 12.7. The third-order valence-corrected chi connectivity index (χ3v) is 6.19. The number of hydrogen-bond donors (Lipinski definition) is 0. The van der Waals surface area contributed by atoms with Crippen molar-refractivity contribution in [1.82, 2.24) is 0 Å². The third-order valence-electron chi connectivity index (χ3n) is 6.19. The van der Waals surface area contributed by atoms with Crippen LogP contribution in [0.15, 0.2) is 49.0 Å². The molecule has 1 saturated heterocycles. The molecule has 0 N–H and O–H groups in total. The number of allylic oxidation sites excluding steroid dienone is 3. The lowest BCUT2D eigenvalue weighted by Crippen LogP contribution is -2.28. The van der Waals surface area contributed by atoms with Crippen LogP contribution >= 0.6 is 0 Å². The molecule has 2 aliphatic heterocycles. The molecular weight excluding hydrogens is 392 g/mol. The second kappa shape index (κ2) is 12.9. The molecule has 3 rings (SSSR count). The molecule has 0 aromatic heterocycles. The number of rotatable bonds is 12. The molecule has 1 saturated carbocycles. The number of hydrogen-bond acceptors (Lipinski definition) is 5. The molecule has 0 aromatic carbocycles. The van der Waals surface area contributed by atoms with E-state index >= 15 is 0 Å². The summed E-state index contributed by atoms with van der Waals surface area (Å²) in [6.45, 7) is 7.33. The van der Waals surface area contributed by atoms with Crippen LogP contribution in [0.25, 0.3) is 0 Å². The Morgan fingerprint density at radius 3 is 2.94 bits per heavy atom. The van der Waals surface area contributed by atoms with Crippen LogP contribution in [0.4, 0.5) is 0 Å². The maximum absolute atomic E-state index is 12.7. The smallest absolute Gasteiger partial charge is 0.279 e. The van der Waals surface area contributed by atoms with E-state index in [0.717, 1.165) is 38.7 Å². The van der Waals surface area contributed by atoms with Gasteiger partial charge in [-0.15, -0.1) is 6.58 Å². The van der Waals surface area contributed by atoms with E-state index in [4.69, 9.17) is 18.9 Å². The summed E-state index contributed by atoms with van der Waals surface area (Å²) in [6, 6.07) is 0. The quantitative estimate of drug-likeness (QED) is 0.297. The van der Waals surface area contributed by atoms with Gasteiger partial charge in [0.1, 0.15) is 18.5 Å². The first-order chi connectivity index (χ1) is 15.2. The fraction of sp³-hybridized carbons (Fsp3) is 0.654. The minimum atomic E-state index is -0.228. The lowest BCUT2D eigenvalue weighted by atomic mass is 9.90. The summed E-state index contributed by atoms with van der Waals surface area (Å²) in [4.78, 5) is 12.7. The maximum Gasteiger partial charge on any atom is 0.279 e. The summed E-state index contributed by atoms with van der Waals surface area (Å²) in [5, 5.41) is 0. The van der Waals surface area contributed by atoms with Gasteiger partial charge in [-0.1, -0.05) is 50.5 Å². The van der Waals surface area contributed by atoms with Crippen LogP contribution in [0.5, 0.6) is 0 Å². The Morgan fingerprint density at radius 1 is 1.32 bits per heavy atom. The largest absolute Gasteiger partial charge is 0.461 e. The molecule has 5 heteroatoms. The van der Waals surface area contributed by atoms with Crippen molar-refractivity contribution < 1.29 is 23.7 Å². The molecule has 0 spiro atoms. The topological polar surface area (TPSA) is 54.0 Å². The highest BCUT2D eigenvalue weighted by atomic mass is 16.7. The van der Waals surface area contributed by atoms with E-state index in [1.165, 1.54) is 12.8 Å². The van der Waals surface area contributed by atoms with E-state index in [0.29, 0.717) is 25.4 Å². The summed E-state index contributed by atoms with van der Waals surface area (Å²) >= 11 is 0. The molecule has 0 radical (unpaired) electrons. The van der Waals surface area contributed by atoms with Crippen LogP contribution in [-0.2, 0) is 23.7 Å². The minimum Gasteiger partial charge on any atom is -0.461 e. The van der Waals surface area contributed by atoms with Gasteiger partial charge in [-0.2, -0.15) is 0 Å². The summed E-state index contributed by atoms with van der Waals surface area (Å²) in [6.07, 6.45) is 20.1. The molecule has 0 aromatic rings. The first-order valence-corrected chi connectivity index (χ1v) is 12.0. The highest BCUT2D eigenvalue weighted by Gasteiger charge is 2.42. The molecule has 1 aliphatic carbocycles. The fourth-order valence-corrected chi connectivity index (χ4v) is 4.48. The van der Waals surface area contributed by atoms with Crippen molar-refractivity contribution in [2.45, 2.75) is 83.2 Å². The molecule has 0 bridgehead atoms. The minimum absolute atomic E-state index is 0.0107.